The van der Waals surface area contributed by atoms with Crippen molar-refractivity contribution in [2.45, 2.75) is 128 Å². The molecule has 1 fully saturated rings. The van der Waals surface area contributed by atoms with E-state index < -0.39 is 0 Å². The summed E-state index contributed by atoms with van der Waals surface area (Å²) in [6.45, 7) is 21.9. The van der Waals surface area contributed by atoms with Gasteiger partial charge < -0.3 is 23.5 Å². The molecule has 16 rings (SSSR count). The van der Waals surface area contributed by atoms with E-state index in [2.05, 4.69) is 253 Å². The third-order valence-corrected chi connectivity index (χ3v) is 20.6. The van der Waals surface area contributed by atoms with Gasteiger partial charge >= 0.3 is 0 Å². The number of anilines is 8. The molecule has 6 heteroatoms. The fourth-order valence-corrected chi connectivity index (χ4v) is 16.0. The van der Waals surface area contributed by atoms with Crippen LogP contribution in [-0.2, 0) is 21.7 Å². The SMILES string of the molecule is CC(C)(C)c1ccc(N2c3cc(N4c5ccccc5C5(C)CCCCC45C)cc4c3B(c3cc5c(cc3N4c3cccc4c3oc3ccccc34)C(C)(C)CCC5(C)C)c3ccc4oc5ccccc5c4c32)c(-c2ccccc2)c1. The molecule has 2 aliphatic carbocycles. The van der Waals surface area contributed by atoms with Crippen LogP contribution in [-0.4, -0.2) is 12.3 Å². The highest BCUT2D eigenvalue weighted by Crippen LogP contribution is 2.62. The van der Waals surface area contributed by atoms with E-state index in [0.29, 0.717) is 0 Å². The van der Waals surface area contributed by atoms with Crippen LogP contribution in [0.1, 0.15) is 123 Å². The van der Waals surface area contributed by atoms with Crippen LogP contribution < -0.4 is 31.1 Å². The van der Waals surface area contributed by atoms with Crippen molar-refractivity contribution in [2.24, 2.45) is 0 Å². The summed E-state index contributed by atoms with van der Waals surface area (Å²) in [6, 6.07) is 67.1. The molecule has 2 aromatic heterocycles. The van der Waals surface area contributed by atoms with E-state index in [0.717, 1.165) is 80.9 Å². The molecule has 9 aromatic carbocycles. The lowest BCUT2D eigenvalue weighted by molar-refractivity contribution is 0.195. The molecule has 0 bridgehead atoms. The number of rotatable bonds is 4. The van der Waals surface area contributed by atoms with E-state index in [4.69, 9.17) is 8.83 Å². The van der Waals surface area contributed by atoms with Gasteiger partial charge in [-0.15, -0.1) is 0 Å². The van der Waals surface area contributed by atoms with Crippen molar-refractivity contribution in [2.75, 3.05) is 14.7 Å². The summed E-state index contributed by atoms with van der Waals surface area (Å²) in [6.07, 6.45) is 6.89. The van der Waals surface area contributed by atoms with Gasteiger partial charge in [0.1, 0.15) is 16.7 Å². The molecule has 0 radical (unpaired) electrons. The number of fused-ring (bicyclic) bond motifs is 15. The van der Waals surface area contributed by atoms with Crippen LogP contribution in [0.15, 0.2) is 185 Å². The Bertz CT molecular complexity index is 4440. The Morgan fingerprint density at radius 3 is 1.89 bits per heavy atom. The Kier molecular flexibility index (Phi) is 9.80. The van der Waals surface area contributed by atoms with Crippen molar-refractivity contribution >= 4 is 112 Å². The smallest absolute Gasteiger partial charge is 0.252 e. The van der Waals surface area contributed by atoms with E-state index >= 15 is 0 Å². The van der Waals surface area contributed by atoms with Gasteiger partial charge in [-0.25, -0.2) is 0 Å². The number of hydrogen-bond donors (Lipinski definition) is 0. The van der Waals surface area contributed by atoms with Gasteiger partial charge in [-0.2, -0.15) is 0 Å². The van der Waals surface area contributed by atoms with Crippen molar-refractivity contribution in [3.8, 4) is 11.1 Å². The molecular weight excluding hydrogens is 974 g/mol. The number of furan rings is 2. The van der Waals surface area contributed by atoms with Gasteiger partial charge in [0.2, 0.25) is 0 Å². The molecule has 11 aromatic rings. The van der Waals surface area contributed by atoms with Gasteiger partial charge in [-0.05, 0) is 154 Å². The number of hydrogen-bond acceptors (Lipinski definition) is 5. The molecule has 5 heterocycles. The summed E-state index contributed by atoms with van der Waals surface area (Å²) in [5.41, 5.74) is 24.6. The third kappa shape index (κ3) is 6.42. The lowest BCUT2D eigenvalue weighted by atomic mass is 9.33. The second kappa shape index (κ2) is 16.3. The van der Waals surface area contributed by atoms with Crippen molar-refractivity contribution in [3.05, 3.63) is 198 Å². The highest BCUT2D eigenvalue weighted by atomic mass is 16.3. The minimum atomic E-state index is -0.199. The zero-order valence-electron chi connectivity index (χ0n) is 47.7. The van der Waals surface area contributed by atoms with Crippen LogP contribution in [0.5, 0.6) is 0 Å². The summed E-state index contributed by atoms with van der Waals surface area (Å²) in [7, 11) is 0. The average Bonchev–Trinajstić information content (AvgIpc) is 4.09. The van der Waals surface area contributed by atoms with Crippen LogP contribution in [0.4, 0.5) is 45.5 Å². The standard InChI is InChI=1S/C74H68BN3O2/c1-70(2,3)46-32-34-57(51(40-46)45-22-11-10-12-23-45)77-62-42-47(78-58-28-16-15-27-52(58)73(8)36-19-20-37-74(73,78)9)41-61-67(62)75(55-33-35-65-66(68(55)77)50-25-14-18-31-64(50)79-65)56-43-53-54(72(6,7)39-38-71(53,4)5)44-60(56)76(61)59-29-21-26-49-48-24-13-17-30-63(48)80-69(49)59/h10-18,21-35,40-44H,19-20,36-39H2,1-9H3. The Morgan fingerprint density at radius 1 is 0.463 bits per heavy atom. The van der Waals surface area contributed by atoms with Crippen LogP contribution in [0.25, 0.3) is 55.0 Å². The molecule has 0 amide bonds. The number of nitrogens with zero attached hydrogens (tertiary/aromatic N) is 3. The highest BCUT2D eigenvalue weighted by molar-refractivity contribution is 7.00. The second-order valence-electron chi connectivity index (χ2n) is 27.0. The van der Waals surface area contributed by atoms with Crippen molar-refractivity contribution in [3.63, 3.8) is 0 Å². The topological polar surface area (TPSA) is 36.0 Å². The third-order valence-electron chi connectivity index (χ3n) is 20.6. The molecule has 0 saturated heterocycles. The predicted molar refractivity (Wildman–Crippen MR) is 337 cm³/mol. The molecule has 1 saturated carbocycles. The maximum Gasteiger partial charge on any atom is 0.252 e. The van der Waals surface area contributed by atoms with Crippen molar-refractivity contribution < 1.29 is 8.83 Å². The molecule has 0 spiro atoms. The molecular formula is C74H68BN3O2. The van der Waals surface area contributed by atoms with Gasteiger partial charge in [-0.3, -0.25) is 0 Å². The fraction of sp³-hybridized carbons (Fsp3) is 0.270. The van der Waals surface area contributed by atoms with E-state index in [-0.39, 0.29) is 33.9 Å². The molecule has 2 unspecified atom stereocenters. The molecule has 80 heavy (non-hydrogen) atoms. The zero-order chi connectivity index (χ0) is 54.4. The Balaban J connectivity index is 1.11. The lowest BCUT2D eigenvalue weighted by Crippen LogP contribution is -2.62. The highest BCUT2D eigenvalue weighted by Gasteiger charge is 2.58. The Hall–Kier alpha value is -7.96. The van der Waals surface area contributed by atoms with Crippen LogP contribution in [0.2, 0.25) is 0 Å². The summed E-state index contributed by atoms with van der Waals surface area (Å²) in [4.78, 5) is 8.13. The summed E-state index contributed by atoms with van der Waals surface area (Å²) in [5, 5.41) is 4.52. The zero-order valence-corrected chi connectivity index (χ0v) is 47.7. The fourth-order valence-electron chi connectivity index (χ4n) is 16.0. The number of para-hydroxylation sites is 4. The first-order valence-electron chi connectivity index (χ1n) is 29.5. The van der Waals surface area contributed by atoms with Crippen LogP contribution >= 0.6 is 0 Å². The summed E-state index contributed by atoms with van der Waals surface area (Å²) >= 11 is 0. The van der Waals surface area contributed by atoms with Gasteiger partial charge in [0.15, 0.2) is 5.58 Å². The maximum atomic E-state index is 7.18. The molecule has 2 atom stereocenters. The van der Waals surface area contributed by atoms with E-state index in [1.54, 1.807) is 0 Å². The van der Waals surface area contributed by atoms with Crippen LogP contribution in [0.3, 0.4) is 0 Å². The van der Waals surface area contributed by atoms with Crippen molar-refractivity contribution in [1.82, 2.24) is 0 Å². The van der Waals surface area contributed by atoms with E-state index in [1.807, 2.05) is 0 Å². The minimum Gasteiger partial charge on any atom is -0.456 e. The van der Waals surface area contributed by atoms with Gasteiger partial charge in [0, 0.05) is 55.6 Å². The van der Waals surface area contributed by atoms with Crippen LogP contribution in [0, 0.1) is 0 Å². The monoisotopic (exact) mass is 1040 g/mol. The first-order chi connectivity index (χ1) is 38.5. The molecule has 0 N–H and O–H groups in total. The molecule has 5 nitrogen and oxygen atoms in total. The molecule has 394 valence electrons. The molecule has 5 aliphatic rings. The normalized spacial score (nSPS) is 20.5. The first kappa shape index (κ1) is 48.0. The maximum absolute atomic E-state index is 7.18. The second-order valence-corrected chi connectivity index (χ2v) is 27.0. The van der Waals surface area contributed by atoms with E-state index in [9.17, 15) is 0 Å². The first-order valence-corrected chi connectivity index (χ1v) is 29.5. The Labute approximate surface area is 470 Å². The quantitative estimate of drug-likeness (QED) is 0.164. The average molecular weight is 1040 g/mol. The Morgan fingerprint density at radius 2 is 1.11 bits per heavy atom. The number of benzene rings is 9. The van der Waals surface area contributed by atoms with Gasteiger partial charge in [0.25, 0.3) is 6.71 Å². The summed E-state index contributed by atoms with van der Waals surface area (Å²) < 4.78 is 14.2. The largest absolute Gasteiger partial charge is 0.456 e. The molecule has 3 aliphatic heterocycles. The van der Waals surface area contributed by atoms with E-state index in [1.165, 1.54) is 96.7 Å². The summed E-state index contributed by atoms with van der Waals surface area (Å²) in [5.74, 6) is 0. The minimum absolute atomic E-state index is 0.0324. The van der Waals surface area contributed by atoms with Crippen molar-refractivity contribution in [1.29, 1.82) is 0 Å². The van der Waals surface area contributed by atoms with Gasteiger partial charge in [-0.1, -0.05) is 183 Å². The van der Waals surface area contributed by atoms with Gasteiger partial charge in [0.05, 0.1) is 28.0 Å². The predicted octanol–water partition coefficient (Wildman–Crippen LogP) is 18.6. The lowest BCUT2D eigenvalue weighted by Gasteiger charge is -2.51.